The molecule has 0 fully saturated rings. The van der Waals surface area contributed by atoms with Gasteiger partial charge in [-0.3, -0.25) is 0 Å². The number of rotatable bonds is 10. The van der Waals surface area contributed by atoms with E-state index in [2.05, 4.69) is 29.1 Å². The maximum absolute atomic E-state index is 12.2. The number of sulfonamides is 1. The highest BCUT2D eigenvalue weighted by Crippen LogP contribution is 2.07. The molecule has 1 aromatic carbocycles. The topological polar surface area (TPSA) is 58.2 Å². The summed E-state index contributed by atoms with van der Waals surface area (Å²) in [6.45, 7) is 7.08. The van der Waals surface area contributed by atoms with E-state index < -0.39 is 15.3 Å². The van der Waals surface area contributed by atoms with Gasteiger partial charge in [0, 0.05) is 12.6 Å². The van der Waals surface area contributed by atoms with Crippen molar-refractivity contribution in [1.29, 1.82) is 0 Å². The highest BCUT2D eigenvalue weighted by Gasteiger charge is 2.22. The van der Waals surface area contributed by atoms with E-state index in [9.17, 15) is 8.42 Å². The van der Waals surface area contributed by atoms with Crippen molar-refractivity contribution in [2.24, 2.45) is 0 Å². The molecule has 4 nitrogen and oxygen atoms in total. The summed E-state index contributed by atoms with van der Waals surface area (Å²) in [7, 11) is -3.26. The SMILES string of the molecule is CCCNCC(C)S(=O)(=O)NC(C)CCc1ccccc1. The molecule has 0 aliphatic carbocycles. The van der Waals surface area contributed by atoms with Gasteiger partial charge in [-0.15, -0.1) is 0 Å². The number of aryl methyl sites for hydroxylation is 1. The van der Waals surface area contributed by atoms with Crippen LogP contribution >= 0.6 is 0 Å². The summed E-state index contributed by atoms with van der Waals surface area (Å²) in [6.07, 6.45) is 2.69. The van der Waals surface area contributed by atoms with Crippen molar-refractivity contribution in [3.8, 4) is 0 Å². The van der Waals surface area contributed by atoms with E-state index in [0.29, 0.717) is 6.54 Å². The van der Waals surface area contributed by atoms with Gasteiger partial charge in [-0.2, -0.15) is 0 Å². The fourth-order valence-corrected chi connectivity index (χ4v) is 3.32. The van der Waals surface area contributed by atoms with Crippen LogP contribution in [0.4, 0.5) is 0 Å². The molecule has 0 saturated heterocycles. The summed E-state index contributed by atoms with van der Waals surface area (Å²) in [6, 6.07) is 10.1. The second-order valence-electron chi connectivity index (χ2n) is 5.60. The fraction of sp³-hybridized carbons (Fsp3) is 0.625. The lowest BCUT2D eigenvalue weighted by Gasteiger charge is -2.19. The number of nitrogens with one attached hydrogen (secondary N) is 2. The Balaban J connectivity index is 2.39. The van der Waals surface area contributed by atoms with Crippen molar-refractivity contribution in [3.05, 3.63) is 35.9 Å². The molecule has 0 radical (unpaired) electrons. The van der Waals surface area contributed by atoms with Crippen molar-refractivity contribution < 1.29 is 8.42 Å². The Bertz CT molecular complexity index is 488. The smallest absolute Gasteiger partial charge is 0.215 e. The third-order valence-electron chi connectivity index (χ3n) is 3.46. The maximum atomic E-state index is 12.2. The largest absolute Gasteiger partial charge is 0.315 e. The zero-order valence-electron chi connectivity index (χ0n) is 13.3. The lowest BCUT2D eigenvalue weighted by atomic mass is 10.1. The summed E-state index contributed by atoms with van der Waals surface area (Å²) in [4.78, 5) is 0. The van der Waals surface area contributed by atoms with Crippen LogP contribution in [0.3, 0.4) is 0 Å². The van der Waals surface area contributed by atoms with E-state index in [4.69, 9.17) is 0 Å². The molecule has 0 saturated carbocycles. The van der Waals surface area contributed by atoms with Crippen LogP contribution in [0.15, 0.2) is 30.3 Å². The van der Waals surface area contributed by atoms with E-state index in [1.165, 1.54) is 5.56 Å². The van der Waals surface area contributed by atoms with Gasteiger partial charge in [0.2, 0.25) is 10.0 Å². The fourth-order valence-electron chi connectivity index (χ4n) is 2.08. The van der Waals surface area contributed by atoms with Crippen LogP contribution in [-0.4, -0.2) is 32.8 Å². The first-order valence-corrected chi connectivity index (χ1v) is 9.26. The van der Waals surface area contributed by atoms with Crippen molar-refractivity contribution in [2.45, 2.75) is 51.3 Å². The highest BCUT2D eigenvalue weighted by atomic mass is 32.2. The first kappa shape index (κ1) is 18.1. The molecule has 21 heavy (non-hydrogen) atoms. The van der Waals surface area contributed by atoms with Gasteiger partial charge in [0.15, 0.2) is 0 Å². The second-order valence-corrected chi connectivity index (χ2v) is 7.73. The Morgan fingerprint density at radius 3 is 2.43 bits per heavy atom. The van der Waals surface area contributed by atoms with Gasteiger partial charge < -0.3 is 5.32 Å². The molecule has 1 aromatic rings. The molecule has 0 aromatic heterocycles. The molecule has 120 valence electrons. The predicted octanol–water partition coefficient (Wildman–Crippen LogP) is 2.32. The minimum atomic E-state index is -3.26. The average molecular weight is 312 g/mol. The second kappa shape index (κ2) is 9.18. The summed E-state index contributed by atoms with van der Waals surface area (Å²) in [5, 5.41) is 2.74. The van der Waals surface area contributed by atoms with E-state index in [1.54, 1.807) is 6.92 Å². The van der Waals surface area contributed by atoms with E-state index >= 15 is 0 Å². The Morgan fingerprint density at radius 1 is 1.14 bits per heavy atom. The van der Waals surface area contributed by atoms with Crippen molar-refractivity contribution in [1.82, 2.24) is 10.0 Å². The van der Waals surface area contributed by atoms with E-state index in [1.807, 2.05) is 25.1 Å². The molecular formula is C16H28N2O2S. The Labute approximate surface area is 129 Å². The molecule has 5 heteroatoms. The standard InChI is InChI=1S/C16H28N2O2S/c1-4-12-17-13-15(3)21(19,20)18-14(2)10-11-16-8-6-5-7-9-16/h5-9,14-15,17-18H,4,10-13H2,1-3H3. The summed E-state index contributed by atoms with van der Waals surface area (Å²) in [5.74, 6) is 0. The van der Waals surface area contributed by atoms with Gasteiger partial charge in [0.25, 0.3) is 0 Å². The van der Waals surface area contributed by atoms with Gasteiger partial charge in [0.05, 0.1) is 5.25 Å². The Hall–Kier alpha value is -0.910. The zero-order chi connectivity index (χ0) is 15.7. The number of hydrogen-bond acceptors (Lipinski definition) is 3. The molecular weight excluding hydrogens is 284 g/mol. The molecule has 0 amide bonds. The molecule has 0 aliphatic rings. The maximum Gasteiger partial charge on any atom is 0.215 e. The van der Waals surface area contributed by atoms with Crippen LogP contribution in [0.1, 0.15) is 39.2 Å². The molecule has 0 heterocycles. The number of benzene rings is 1. The van der Waals surface area contributed by atoms with Crippen LogP contribution < -0.4 is 10.0 Å². The van der Waals surface area contributed by atoms with Gasteiger partial charge in [-0.25, -0.2) is 13.1 Å². The van der Waals surface area contributed by atoms with E-state index in [0.717, 1.165) is 25.8 Å². The summed E-state index contributed by atoms with van der Waals surface area (Å²) >= 11 is 0. The van der Waals surface area contributed by atoms with Gasteiger partial charge in [-0.1, -0.05) is 37.3 Å². The predicted molar refractivity (Wildman–Crippen MR) is 88.9 cm³/mol. The number of hydrogen-bond donors (Lipinski definition) is 2. The molecule has 0 aliphatic heterocycles. The molecule has 0 bridgehead atoms. The average Bonchev–Trinajstić information content (AvgIpc) is 2.46. The van der Waals surface area contributed by atoms with Gasteiger partial charge in [-0.05, 0) is 45.2 Å². The summed E-state index contributed by atoms with van der Waals surface area (Å²) in [5.41, 5.74) is 1.24. The monoisotopic (exact) mass is 312 g/mol. The Kier molecular flexibility index (Phi) is 7.93. The normalized spacial score (nSPS) is 14.8. The first-order valence-electron chi connectivity index (χ1n) is 7.71. The third-order valence-corrected chi connectivity index (χ3v) is 5.42. The molecule has 1 rings (SSSR count). The van der Waals surface area contributed by atoms with Crippen molar-refractivity contribution in [3.63, 3.8) is 0 Å². The Morgan fingerprint density at radius 2 is 1.81 bits per heavy atom. The molecule has 0 spiro atoms. The van der Waals surface area contributed by atoms with Crippen LogP contribution in [0.5, 0.6) is 0 Å². The van der Waals surface area contributed by atoms with Crippen LogP contribution in [0.2, 0.25) is 0 Å². The van der Waals surface area contributed by atoms with Crippen molar-refractivity contribution in [2.75, 3.05) is 13.1 Å². The molecule has 2 unspecified atom stereocenters. The van der Waals surface area contributed by atoms with E-state index in [-0.39, 0.29) is 6.04 Å². The van der Waals surface area contributed by atoms with Crippen LogP contribution in [-0.2, 0) is 16.4 Å². The third kappa shape index (κ3) is 7.07. The van der Waals surface area contributed by atoms with Crippen LogP contribution in [0, 0.1) is 0 Å². The quantitative estimate of drug-likeness (QED) is 0.652. The lowest BCUT2D eigenvalue weighted by molar-refractivity contribution is 0.529. The lowest BCUT2D eigenvalue weighted by Crippen LogP contribution is -2.42. The van der Waals surface area contributed by atoms with Crippen molar-refractivity contribution >= 4 is 10.0 Å². The van der Waals surface area contributed by atoms with Crippen LogP contribution in [0.25, 0.3) is 0 Å². The summed E-state index contributed by atoms with van der Waals surface area (Å²) < 4.78 is 27.2. The first-order chi connectivity index (χ1) is 9.95. The highest BCUT2D eigenvalue weighted by molar-refractivity contribution is 7.90. The molecule has 2 atom stereocenters. The minimum Gasteiger partial charge on any atom is -0.315 e. The van der Waals surface area contributed by atoms with Gasteiger partial charge in [0.1, 0.15) is 0 Å². The van der Waals surface area contributed by atoms with Gasteiger partial charge >= 0.3 is 0 Å². The minimum absolute atomic E-state index is 0.0520. The zero-order valence-corrected chi connectivity index (χ0v) is 14.1. The molecule has 2 N–H and O–H groups in total.